The normalized spacial score (nSPS) is 13.3. The van der Waals surface area contributed by atoms with E-state index in [-0.39, 0.29) is 11.8 Å². The lowest BCUT2D eigenvalue weighted by molar-refractivity contribution is -0.633. The largest absolute Gasteiger partial charge is 0.455 e. The number of imidazole rings is 1. The first-order chi connectivity index (χ1) is 22.0. The van der Waals surface area contributed by atoms with Gasteiger partial charge in [0.15, 0.2) is 16.6 Å². The number of rotatable bonds is 5. The SMILES string of the molecule is [2H]C([2H])([2H])c1cc2c(oc3ccccc32)c(-c2n(-c3c(C(C)C)cc(-c4ccccc4)cc3C(C)C)c3ccccc3[n+]2C)c1C. The Balaban J connectivity index is 1.69. The summed E-state index contributed by atoms with van der Waals surface area (Å²) in [7, 11) is 2.08. The average Bonchev–Trinajstić information content (AvgIpc) is 3.54. The number of benzene rings is 5. The Labute approximate surface area is 258 Å². The quantitative estimate of drug-likeness (QED) is 0.190. The highest BCUT2D eigenvalue weighted by Gasteiger charge is 2.34. The van der Waals surface area contributed by atoms with Crippen LogP contribution in [0.5, 0.6) is 0 Å². The molecule has 0 aliphatic rings. The van der Waals surface area contributed by atoms with Gasteiger partial charge in [0.05, 0.1) is 7.05 Å². The number of hydrogen-bond donors (Lipinski definition) is 0. The number of aromatic nitrogens is 2. The second kappa shape index (κ2) is 10.3. The van der Waals surface area contributed by atoms with Crippen molar-refractivity contribution >= 4 is 33.0 Å². The Morgan fingerprint density at radius 1 is 0.744 bits per heavy atom. The van der Waals surface area contributed by atoms with Gasteiger partial charge >= 0.3 is 0 Å². The molecule has 3 nitrogen and oxygen atoms in total. The van der Waals surface area contributed by atoms with Crippen molar-refractivity contribution < 1.29 is 13.1 Å². The molecular formula is C40H39N2O+. The predicted octanol–water partition coefficient (Wildman–Crippen LogP) is 10.6. The minimum absolute atomic E-state index is 0.219. The van der Waals surface area contributed by atoms with E-state index in [2.05, 4.69) is 111 Å². The fourth-order valence-corrected chi connectivity index (χ4v) is 6.66. The van der Waals surface area contributed by atoms with Crippen LogP contribution in [0.4, 0.5) is 0 Å². The second-order valence-electron chi connectivity index (χ2n) is 12.3. The van der Waals surface area contributed by atoms with Crippen LogP contribution in [0.15, 0.2) is 101 Å². The molecule has 5 aromatic carbocycles. The van der Waals surface area contributed by atoms with Gasteiger partial charge in [0, 0.05) is 26.0 Å². The third-order valence-electron chi connectivity index (χ3n) is 8.91. The highest BCUT2D eigenvalue weighted by Crippen LogP contribution is 2.43. The molecule has 0 aliphatic heterocycles. The van der Waals surface area contributed by atoms with E-state index in [1.807, 2.05) is 37.3 Å². The maximum Gasteiger partial charge on any atom is 0.299 e. The van der Waals surface area contributed by atoms with Crippen LogP contribution < -0.4 is 4.57 Å². The van der Waals surface area contributed by atoms with Gasteiger partial charge in [0.1, 0.15) is 16.8 Å². The van der Waals surface area contributed by atoms with Crippen LogP contribution in [0.1, 0.15) is 65.9 Å². The van der Waals surface area contributed by atoms with Gasteiger partial charge in [-0.15, -0.1) is 0 Å². The number of fused-ring (bicyclic) bond motifs is 4. The minimum atomic E-state index is -2.30. The molecule has 214 valence electrons. The fraction of sp³-hybridized carbons (Fsp3) is 0.225. The molecule has 2 heterocycles. The molecule has 0 saturated heterocycles. The van der Waals surface area contributed by atoms with E-state index in [0.717, 1.165) is 44.5 Å². The molecule has 0 bridgehead atoms. The summed E-state index contributed by atoms with van der Waals surface area (Å²) in [5, 5.41) is 1.72. The van der Waals surface area contributed by atoms with Gasteiger partial charge in [-0.3, -0.25) is 0 Å². The first-order valence-corrected chi connectivity index (χ1v) is 15.2. The highest BCUT2D eigenvalue weighted by atomic mass is 16.3. The van der Waals surface area contributed by atoms with Crippen LogP contribution in [0.3, 0.4) is 0 Å². The lowest BCUT2D eigenvalue weighted by Crippen LogP contribution is -2.30. The topological polar surface area (TPSA) is 21.9 Å². The molecule has 0 amide bonds. The molecule has 0 unspecified atom stereocenters. The third kappa shape index (κ3) is 4.21. The van der Waals surface area contributed by atoms with Crippen molar-refractivity contribution in [1.82, 2.24) is 4.57 Å². The van der Waals surface area contributed by atoms with Gasteiger partial charge in [0.2, 0.25) is 0 Å². The predicted molar refractivity (Wildman–Crippen MR) is 180 cm³/mol. The van der Waals surface area contributed by atoms with Crippen LogP contribution in [0, 0.1) is 13.8 Å². The van der Waals surface area contributed by atoms with Crippen molar-refractivity contribution in [3.63, 3.8) is 0 Å². The van der Waals surface area contributed by atoms with Gasteiger partial charge in [-0.25, -0.2) is 4.57 Å². The molecule has 0 atom stereocenters. The third-order valence-corrected chi connectivity index (χ3v) is 8.91. The van der Waals surface area contributed by atoms with Crippen LogP contribution in [-0.4, -0.2) is 4.57 Å². The molecule has 0 spiro atoms. The zero-order valence-corrected chi connectivity index (χ0v) is 25.7. The Kier molecular flexibility index (Phi) is 5.70. The molecule has 43 heavy (non-hydrogen) atoms. The maximum absolute atomic E-state index is 8.56. The van der Waals surface area contributed by atoms with Crippen LogP contribution in [0.2, 0.25) is 0 Å². The fourth-order valence-electron chi connectivity index (χ4n) is 6.66. The zero-order valence-electron chi connectivity index (χ0n) is 28.7. The maximum atomic E-state index is 8.56. The van der Waals surface area contributed by atoms with Crippen LogP contribution >= 0.6 is 0 Å². The van der Waals surface area contributed by atoms with Gasteiger partial charge in [-0.1, -0.05) is 88.4 Å². The summed E-state index contributed by atoms with van der Waals surface area (Å²) in [4.78, 5) is 0. The molecule has 0 radical (unpaired) electrons. The van der Waals surface area contributed by atoms with Gasteiger partial charge < -0.3 is 4.42 Å². The number of nitrogens with zero attached hydrogens (tertiary/aromatic N) is 2. The first-order valence-electron chi connectivity index (χ1n) is 16.7. The van der Waals surface area contributed by atoms with E-state index < -0.39 is 6.85 Å². The van der Waals surface area contributed by atoms with E-state index in [9.17, 15) is 0 Å². The molecule has 3 heteroatoms. The van der Waals surface area contributed by atoms with Gasteiger partial charge in [-0.05, 0) is 84.3 Å². The minimum Gasteiger partial charge on any atom is -0.455 e. The van der Waals surface area contributed by atoms with Crippen LogP contribution in [-0.2, 0) is 7.05 Å². The van der Waals surface area contributed by atoms with E-state index in [0.29, 0.717) is 16.7 Å². The van der Waals surface area contributed by atoms with E-state index in [1.165, 1.54) is 22.3 Å². The van der Waals surface area contributed by atoms with E-state index >= 15 is 0 Å². The van der Waals surface area contributed by atoms with Crippen molar-refractivity contribution in [1.29, 1.82) is 0 Å². The molecule has 7 aromatic rings. The monoisotopic (exact) mass is 566 g/mol. The highest BCUT2D eigenvalue weighted by molar-refractivity contribution is 6.10. The van der Waals surface area contributed by atoms with E-state index in [4.69, 9.17) is 8.53 Å². The number of furan rings is 1. The molecule has 0 fully saturated rings. The summed E-state index contributed by atoms with van der Waals surface area (Å²) in [6.07, 6.45) is 0. The molecule has 0 aliphatic carbocycles. The number of aryl methyl sites for hydroxylation is 2. The Morgan fingerprint density at radius 2 is 1.40 bits per heavy atom. The number of hydrogen-bond acceptors (Lipinski definition) is 1. The molecule has 7 rings (SSSR count). The lowest BCUT2D eigenvalue weighted by Gasteiger charge is -2.21. The van der Waals surface area contributed by atoms with E-state index in [1.54, 1.807) is 0 Å². The van der Waals surface area contributed by atoms with Gasteiger partial charge in [-0.2, -0.15) is 4.57 Å². The molecular weight excluding hydrogens is 524 g/mol. The van der Waals surface area contributed by atoms with Crippen LogP contribution in [0.25, 0.3) is 61.2 Å². The van der Waals surface area contributed by atoms with Crippen molar-refractivity contribution in [2.24, 2.45) is 7.05 Å². The Morgan fingerprint density at radius 3 is 2.09 bits per heavy atom. The van der Waals surface area contributed by atoms with Gasteiger partial charge in [0.25, 0.3) is 5.82 Å². The standard InChI is InChI=1S/C40H39N2O/c1-24(2)31-22-29(28-15-9-8-10-16-28)23-32(25(3)4)38(31)42-35-19-13-12-18-34(35)41(7)40(42)37-27(6)26(5)21-33-30-17-11-14-20-36(30)43-39(33)37/h8-25H,1-7H3/q+1/i5D3. The molecule has 0 saturated carbocycles. The van der Waals surface area contributed by atoms with Crippen molar-refractivity contribution in [3.8, 4) is 28.2 Å². The second-order valence-corrected chi connectivity index (χ2v) is 12.3. The lowest BCUT2D eigenvalue weighted by atomic mass is 9.88. The summed E-state index contributed by atoms with van der Waals surface area (Å²) in [6, 6.07) is 33.4. The summed E-state index contributed by atoms with van der Waals surface area (Å²) in [5.74, 6) is 1.33. The smallest absolute Gasteiger partial charge is 0.299 e. The van der Waals surface area contributed by atoms with Crippen molar-refractivity contribution in [2.75, 3.05) is 0 Å². The first kappa shape index (κ1) is 23.9. The summed E-state index contributed by atoms with van der Waals surface area (Å²) < 4.78 is 36.9. The molecule has 2 aromatic heterocycles. The summed E-state index contributed by atoms with van der Waals surface area (Å²) >= 11 is 0. The Hall–Kier alpha value is -4.63. The zero-order chi connectivity index (χ0) is 32.5. The average molecular weight is 567 g/mol. The van der Waals surface area contributed by atoms with Crippen molar-refractivity contribution in [3.05, 3.63) is 119 Å². The number of para-hydroxylation sites is 3. The summed E-state index contributed by atoms with van der Waals surface area (Å²) in [6.45, 7) is 8.63. The Bertz CT molecular complexity index is 2240. The molecule has 0 N–H and O–H groups in total. The summed E-state index contributed by atoms with van der Waals surface area (Å²) in [5.41, 5.74) is 11.4. The van der Waals surface area contributed by atoms with Crippen molar-refractivity contribution in [2.45, 2.75) is 53.3 Å².